The molecule has 0 amide bonds. The second-order valence-corrected chi connectivity index (χ2v) is 10.3. The number of rotatable bonds is 5. The third-order valence-corrected chi connectivity index (χ3v) is 7.97. The molecule has 0 saturated carbocycles. The molecule has 12 nitrogen and oxygen atoms in total. The Bertz CT molecular complexity index is 1340. The van der Waals surface area contributed by atoms with E-state index in [0.29, 0.717) is 0 Å². The van der Waals surface area contributed by atoms with Crippen molar-refractivity contribution in [3.63, 3.8) is 0 Å². The van der Waals surface area contributed by atoms with E-state index in [-0.39, 0.29) is 53.3 Å². The summed E-state index contributed by atoms with van der Waals surface area (Å²) in [5.74, 6) is -2.68. The predicted octanol–water partition coefficient (Wildman–Crippen LogP) is 0.215. The first-order chi connectivity index (χ1) is 18.4. The summed E-state index contributed by atoms with van der Waals surface area (Å²) in [5.41, 5.74) is 2.77. The topological polar surface area (TPSA) is 209 Å². The lowest BCUT2D eigenvalue weighted by molar-refractivity contribution is -0.251. The molecule has 0 spiro atoms. The van der Waals surface area contributed by atoms with Crippen LogP contribution >= 0.6 is 12.4 Å². The van der Waals surface area contributed by atoms with E-state index in [1.54, 1.807) is 6.92 Å². The van der Waals surface area contributed by atoms with Gasteiger partial charge in [-0.25, -0.2) is 0 Å². The van der Waals surface area contributed by atoms with Gasteiger partial charge >= 0.3 is 0 Å². The first-order valence-corrected chi connectivity index (χ1v) is 12.6. The zero-order valence-corrected chi connectivity index (χ0v) is 22.6. The van der Waals surface area contributed by atoms with E-state index in [1.165, 1.54) is 25.3 Å². The highest BCUT2D eigenvalue weighted by molar-refractivity contribution is 6.31. The minimum absolute atomic E-state index is 0. The lowest BCUT2D eigenvalue weighted by Gasteiger charge is -2.44. The number of hydrogen-bond donors (Lipinski definition) is 7. The fourth-order valence-electron chi connectivity index (χ4n) is 5.84. The van der Waals surface area contributed by atoms with Crippen LogP contribution in [-0.2, 0) is 15.9 Å². The number of halogens is 1. The quantitative estimate of drug-likeness (QED) is 0.202. The molecule has 2 aliphatic carbocycles. The Morgan fingerprint density at radius 3 is 2.45 bits per heavy atom. The molecular weight excluding hydrogens is 550 g/mol. The molecule has 1 saturated heterocycles. The van der Waals surface area contributed by atoms with Gasteiger partial charge in [-0.1, -0.05) is 12.1 Å². The van der Waals surface area contributed by atoms with Crippen LogP contribution in [0.1, 0.15) is 68.8 Å². The molecule has 0 radical (unpaired) electrons. The molecule has 7 atom stereocenters. The summed E-state index contributed by atoms with van der Waals surface area (Å²) in [5, 5.41) is 64.4. The molecule has 5 unspecified atom stereocenters. The summed E-state index contributed by atoms with van der Waals surface area (Å²) in [6.45, 7) is 0.768. The molecule has 2 aromatic carbocycles. The SMILES string of the molecule is COc1cccc2c1C(=O)c1c(O)c3c(c(O)c1C2=O)C[C@](O)(C(O)CO)C[C@H]3OC1CC(N)C(O)C(C)O1.Cl. The second-order valence-electron chi connectivity index (χ2n) is 10.3. The lowest BCUT2D eigenvalue weighted by atomic mass is 9.71. The van der Waals surface area contributed by atoms with E-state index < -0.39 is 89.6 Å². The van der Waals surface area contributed by atoms with Crippen LogP contribution in [0.2, 0.25) is 0 Å². The Balaban J connectivity index is 0.00000370. The predicted molar refractivity (Wildman–Crippen MR) is 140 cm³/mol. The maximum Gasteiger partial charge on any atom is 0.202 e. The Morgan fingerprint density at radius 1 is 1.15 bits per heavy atom. The molecule has 0 aromatic heterocycles. The van der Waals surface area contributed by atoms with Crippen molar-refractivity contribution in [1.29, 1.82) is 0 Å². The number of fused-ring (bicyclic) bond motifs is 3. The number of aliphatic hydroxyl groups excluding tert-OH is 3. The number of nitrogens with two attached hydrogens (primary N) is 1. The molecule has 13 heteroatoms. The molecule has 0 bridgehead atoms. The minimum Gasteiger partial charge on any atom is -0.507 e. The van der Waals surface area contributed by atoms with Crippen molar-refractivity contribution in [3.05, 3.63) is 51.6 Å². The highest BCUT2D eigenvalue weighted by atomic mass is 35.5. The first-order valence-electron chi connectivity index (χ1n) is 12.6. The van der Waals surface area contributed by atoms with Crippen molar-refractivity contribution < 1.29 is 54.4 Å². The van der Waals surface area contributed by atoms with Gasteiger partial charge < -0.3 is 50.6 Å². The van der Waals surface area contributed by atoms with Crippen molar-refractivity contribution in [1.82, 2.24) is 0 Å². The standard InChI is InChI=1S/C27H31NO11.ClH/c1-10-22(31)13(28)6-17(38-10)39-15-8-27(36,16(30)9-29)7-12-19(15)26(35)21-20(24(12)33)23(32)11-4-3-5-14(37-2)18(11)25(21)34;/h3-5,10,13,15-17,22,29-31,33,35-36H,6-9,28H2,1-2H3;1H/t10?,13?,15-,16?,17?,22?,27-;/m1./s1. The van der Waals surface area contributed by atoms with Crippen LogP contribution in [-0.4, -0.2) is 92.2 Å². The Hall–Kier alpha value is -2.81. The first kappa shape index (κ1) is 30.2. The minimum atomic E-state index is -2.05. The Labute approximate surface area is 235 Å². The number of benzene rings is 2. The third-order valence-electron chi connectivity index (χ3n) is 7.97. The van der Waals surface area contributed by atoms with Gasteiger partial charge in [0.2, 0.25) is 5.78 Å². The second kappa shape index (κ2) is 10.9. The van der Waals surface area contributed by atoms with E-state index in [1.807, 2.05) is 0 Å². The van der Waals surface area contributed by atoms with Crippen LogP contribution in [0.5, 0.6) is 17.2 Å². The Kier molecular flexibility index (Phi) is 8.20. The van der Waals surface area contributed by atoms with Crippen LogP contribution in [0.15, 0.2) is 18.2 Å². The van der Waals surface area contributed by atoms with Crippen LogP contribution in [0.3, 0.4) is 0 Å². The number of ketones is 2. The van der Waals surface area contributed by atoms with Gasteiger partial charge in [0.15, 0.2) is 12.1 Å². The number of carbonyl (C=O) groups is 2. The number of aromatic hydroxyl groups is 2. The van der Waals surface area contributed by atoms with Gasteiger partial charge in [-0.3, -0.25) is 9.59 Å². The lowest BCUT2D eigenvalue weighted by Crippen LogP contribution is -2.53. The maximum absolute atomic E-state index is 13.7. The number of methoxy groups -OCH3 is 1. The van der Waals surface area contributed by atoms with Crippen molar-refractivity contribution >= 4 is 24.0 Å². The number of ether oxygens (including phenoxy) is 3. The highest BCUT2D eigenvalue weighted by Crippen LogP contribution is 2.52. The maximum atomic E-state index is 13.7. The zero-order chi connectivity index (χ0) is 28.4. The summed E-state index contributed by atoms with van der Waals surface area (Å²) in [6, 6.07) is 3.69. The van der Waals surface area contributed by atoms with E-state index in [0.717, 1.165) is 0 Å². The molecule has 1 heterocycles. The number of aliphatic hydroxyl groups is 4. The molecule has 218 valence electrons. The van der Waals surface area contributed by atoms with E-state index >= 15 is 0 Å². The summed E-state index contributed by atoms with van der Waals surface area (Å²) in [4.78, 5) is 27.2. The van der Waals surface area contributed by atoms with Gasteiger partial charge in [-0.15, -0.1) is 12.4 Å². The normalized spacial score (nSPS) is 30.0. The van der Waals surface area contributed by atoms with E-state index in [4.69, 9.17) is 19.9 Å². The van der Waals surface area contributed by atoms with Crippen LogP contribution in [0, 0.1) is 0 Å². The number of carbonyl (C=O) groups excluding carboxylic acids is 2. The largest absolute Gasteiger partial charge is 0.507 e. The fourth-order valence-corrected chi connectivity index (χ4v) is 5.84. The molecule has 40 heavy (non-hydrogen) atoms. The summed E-state index contributed by atoms with van der Waals surface area (Å²) < 4.78 is 17.1. The molecule has 3 aliphatic rings. The summed E-state index contributed by atoms with van der Waals surface area (Å²) in [6.07, 6.45) is -6.45. The Morgan fingerprint density at radius 2 is 1.82 bits per heavy atom. The third kappa shape index (κ3) is 4.54. The van der Waals surface area contributed by atoms with Crippen LogP contribution in [0.4, 0.5) is 0 Å². The van der Waals surface area contributed by atoms with E-state index in [9.17, 15) is 40.2 Å². The number of phenolic OH excluding ortho intramolecular Hbond substituents is 2. The summed E-state index contributed by atoms with van der Waals surface area (Å²) in [7, 11) is 1.33. The molecule has 1 fully saturated rings. The van der Waals surface area contributed by atoms with Gasteiger partial charge in [-0.05, 0) is 13.0 Å². The van der Waals surface area contributed by atoms with Gasteiger partial charge in [0, 0.05) is 42.0 Å². The van der Waals surface area contributed by atoms with Crippen molar-refractivity contribution in [3.8, 4) is 17.2 Å². The molecule has 1 aliphatic heterocycles. The van der Waals surface area contributed by atoms with Crippen molar-refractivity contribution in [2.45, 2.75) is 68.5 Å². The van der Waals surface area contributed by atoms with Gasteiger partial charge in [-0.2, -0.15) is 0 Å². The van der Waals surface area contributed by atoms with Crippen LogP contribution in [0.25, 0.3) is 0 Å². The van der Waals surface area contributed by atoms with Crippen molar-refractivity contribution in [2.24, 2.45) is 5.73 Å². The molecular formula is C27H32ClNO11. The van der Waals surface area contributed by atoms with Crippen LogP contribution < -0.4 is 10.5 Å². The molecule has 2 aromatic rings. The monoisotopic (exact) mass is 581 g/mol. The highest BCUT2D eigenvalue weighted by Gasteiger charge is 2.50. The van der Waals surface area contributed by atoms with Gasteiger partial charge in [0.25, 0.3) is 0 Å². The number of hydrogen-bond acceptors (Lipinski definition) is 12. The smallest absolute Gasteiger partial charge is 0.202 e. The molecule has 8 N–H and O–H groups in total. The van der Waals surface area contributed by atoms with Crippen molar-refractivity contribution in [2.75, 3.05) is 13.7 Å². The fraction of sp³-hybridized carbons (Fsp3) is 0.481. The average molecular weight is 582 g/mol. The zero-order valence-electron chi connectivity index (χ0n) is 21.7. The number of phenols is 2. The molecule has 5 rings (SSSR count). The van der Waals surface area contributed by atoms with Gasteiger partial charge in [0.1, 0.15) is 23.4 Å². The average Bonchev–Trinajstić information content (AvgIpc) is 2.90. The summed E-state index contributed by atoms with van der Waals surface area (Å²) >= 11 is 0. The van der Waals surface area contributed by atoms with Gasteiger partial charge in [0.05, 0.1) is 54.3 Å². The van der Waals surface area contributed by atoms with E-state index in [2.05, 4.69) is 0 Å².